The van der Waals surface area contributed by atoms with Crippen LogP contribution in [0.15, 0.2) is 84.8 Å². The summed E-state index contributed by atoms with van der Waals surface area (Å²) in [7, 11) is -2.88. The number of aromatic nitrogens is 4. The first-order valence-corrected chi connectivity index (χ1v) is 17.3. The van der Waals surface area contributed by atoms with Crippen molar-refractivity contribution in [3.63, 3.8) is 0 Å². The number of hydrogen-bond donors (Lipinski definition) is 0. The van der Waals surface area contributed by atoms with Crippen LogP contribution < -0.4 is 4.52 Å². The largest absolute Gasteiger partial charge is 0.443 e. The van der Waals surface area contributed by atoms with E-state index in [2.05, 4.69) is 16.2 Å². The van der Waals surface area contributed by atoms with Gasteiger partial charge < -0.3 is 14.0 Å². The Kier molecular flexibility index (Phi) is 9.72. The summed E-state index contributed by atoms with van der Waals surface area (Å²) in [5.41, 5.74) is 0.372. The quantitative estimate of drug-likeness (QED) is 0.0787. The Balaban J connectivity index is 1.50. The Bertz CT molecular complexity index is 1920. The second kappa shape index (κ2) is 13.7. The SMILES string of the molecule is C[C@@H](c1nc(-c2ccc(C#N)cc2)cs1)C(Cn1cncn1)(OCOC(=O)c1cccc(OP(C)(C)=O)c1)c1ccc(F)cc1F. The highest BCUT2D eigenvalue weighted by molar-refractivity contribution is 7.57. The molecule has 0 aliphatic rings. The highest BCUT2D eigenvalue weighted by atomic mass is 32.1. The average molecular weight is 664 g/mol. The molecule has 0 bridgehead atoms. The molecule has 2 atom stereocenters. The standard InChI is InChI=1S/C32H28F2N5O5PS/c1-21(30-38-29(16-46-30)23-9-7-22(15-35)8-10-23)32(17-39-19-36-18-37-39,27-12-11-25(33)14-28(27)34)43-20-42-31(40)24-5-4-6-26(13-24)44-45(2,3)41/h4-14,16,18-19,21H,17,20H2,1-3H3/t21-,32?/m0/s1. The Morgan fingerprint density at radius 2 is 1.91 bits per heavy atom. The Hall–Kier alpha value is -4.76. The van der Waals surface area contributed by atoms with Crippen LogP contribution in [0.2, 0.25) is 0 Å². The lowest BCUT2D eigenvalue weighted by atomic mass is 9.81. The normalized spacial score (nSPS) is 13.4. The van der Waals surface area contributed by atoms with Crippen LogP contribution >= 0.6 is 18.7 Å². The number of ether oxygens (including phenoxy) is 2. The number of esters is 1. The lowest BCUT2D eigenvalue weighted by molar-refractivity contribution is -0.148. The third-order valence-corrected chi connectivity index (χ3v) is 8.73. The number of hydrogen-bond acceptors (Lipinski definition) is 10. The molecule has 0 saturated carbocycles. The van der Waals surface area contributed by atoms with Crippen molar-refractivity contribution in [3.05, 3.63) is 118 Å². The van der Waals surface area contributed by atoms with E-state index >= 15 is 4.39 Å². The zero-order valence-electron chi connectivity index (χ0n) is 25.0. The predicted molar refractivity (Wildman–Crippen MR) is 167 cm³/mol. The number of halogens is 2. The van der Waals surface area contributed by atoms with E-state index in [1.54, 1.807) is 43.3 Å². The van der Waals surface area contributed by atoms with Crippen molar-refractivity contribution in [3.8, 4) is 23.1 Å². The van der Waals surface area contributed by atoms with Crippen molar-refractivity contribution in [1.82, 2.24) is 19.7 Å². The van der Waals surface area contributed by atoms with Gasteiger partial charge in [-0.3, -0.25) is 4.57 Å². The molecule has 0 spiro atoms. The van der Waals surface area contributed by atoms with Gasteiger partial charge in [0.25, 0.3) is 0 Å². The molecule has 0 saturated heterocycles. The Morgan fingerprint density at radius 1 is 1.13 bits per heavy atom. The first-order chi connectivity index (χ1) is 22.0. The molecule has 2 heterocycles. The van der Waals surface area contributed by atoms with Gasteiger partial charge >= 0.3 is 5.97 Å². The second-order valence-electron chi connectivity index (χ2n) is 10.7. The number of carbonyl (C=O) groups is 1. The minimum Gasteiger partial charge on any atom is -0.443 e. The molecule has 1 unspecified atom stereocenters. The van der Waals surface area contributed by atoms with Crippen molar-refractivity contribution in [1.29, 1.82) is 5.26 Å². The van der Waals surface area contributed by atoms with Gasteiger partial charge in [-0.15, -0.1) is 11.3 Å². The van der Waals surface area contributed by atoms with E-state index in [0.717, 1.165) is 17.7 Å². The summed E-state index contributed by atoms with van der Waals surface area (Å²) in [6, 6.07) is 18.2. The van der Waals surface area contributed by atoms with Gasteiger partial charge in [0, 0.05) is 41.8 Å². The van der Waals surface area contributed by atoms with Crippen LogP contribution in [0.5, 0.6) is 5.75 Å². The first-order valence-electron chi connectivity index (χ1n) is 13.9. The third kappa shape index (κ3) is 7.54. The van der Waals surface area contributed by atoms with Crippen LogP contribution in [0.1, 0.15) is 39.3 Å². The molecule has 0 aliphatic heterocycles. The van der Waals surface area contributed by atoms with Gasteiger partial charge in [-0.05, 0) is 36.4 Å². The molecule has 5 aromatic rings. The maximum Gasteiger partial charge on any atom is 0.340 e. The predicted octanol–water partition coefficient (Wildman–Crippen LogP) is 7.00. The molecule has 5 rings (SSSR count). The summed E-state index contributed by atoms with van der Waals surface area (Å²) in [6.07, 6.45) is 2.73. The topological polar surface area (TPSA) is 129 Å². The molecule has 3 aromatic carbocycles. The highest BCUT2D eigenvalue weighted by Crippen LogP contribution is 2.45. The monoisotopic (exact) mass is 663 g/mol. The van der Waals surface area contributed by atoms with Crippen LogP contribution in [-0.4, -0.2) is 45.8 Å². The Morgan fingerprint density at radius 3 is 2.59 bits per heavy atom. The molecule has 0 fully saturated rings. The van der Waals surface area contributed by atoms with Gasteiger partial charge in [0.05, 0.1) is 34.4 Å². The fraction of sp³-hybridized carbons (Fsp3) is 0.219. The summed E-state index contributed by atoms with van der Waals surface area (Å²) in [4.78, 5) is 21.9. The molecule has 0 aliphatic carbocycles. The van der Waals surface area contributed by atoms with Crippen molar-refractivity contribution in [2.24, 2.45) is 0 Å². The van der Waals surface area contributed by atoms with Gasteiger partial charge in [0.2, 0.25) is 7.37 Å². The second-order valence-corrected chi connectivity index (χ2v) is 14.2. The van der Waals surface area contributed by atoms with E-state index in [1.807, 2.05) is 5.38 Å². The summed E-state index contributed by atoms with van der Waals surface area (Å²) in [5.74, 6) is -2.90. The van der Waals surface area contributed by atoms with Gasteiger partial charge in [0.15, 0.2) is 6.79 Å². The molecular weight excluding hydrogens is 635 g/mol. The lowest BCUT2D eigenvalue weighted by Gasteiger charge is -2.38. The van der Waals surface area contributed by atoms with E-state index in [4.69, 9.17) is 24.2 Å². The maximum absolute atomic E-state index is 15.7. The minimum atomic E-state index is -2.88. The van der Waals surface area contributed by atoms with Crippen molar-refractivity contribution in [2.45, 2.75) is 25.0 Å². The van der Waals surface area contributed by atoms with E-state index in [1.165, 1.54) is 60.2 Å². The third-order valence-electron chi connectivity index (χ3n) is 7.05. The van der Waals surface area contributed by atoms with E-state index in [9.17, 15) is 13.8 Å². The number of nitrogens with zero attached hydrogens (tertiary/aromatic N) is 5. The average Bonchev–Trinajstić information content (AvgIpc) is 3.72. The van der Waals surface area contributed by atoms with Gasteiger partial charge in [-0.1, -0.05) is 31.2 Å². The summed E-state index contributed by atoms with van der Waals surface area (Å²) in [5, 5.41) is 15.7. The van der Waals surface area contributed by atoms with E-state index < -0.39 is 43.3 Å². The number of thiazole rings is 1. The minimum absolute atomic E-state index is 0.0138. The molecule has 2 aromatic heterocycles. The molecule has 236 valence electrons. The maximum atomic E-state index is 15.7. The summed E-state index contributed by atoms with van der Waals surface area (Å²) >= 11 is 1.31. The van der Waals surface area contributed by atoms with E-state index in [0.29, 0.717) is 16.3 Å². The molecule has 0 N–H and O–H groups in total. The van der Waals surface area contributed by atoms with Crippen LogP contribution in [0.3, 0.4) is 0 Å². The summed E-state index contributed by atoms with van der Waals surface area (Å²) < 4.78 is 60.6. The number of carbonyl (C=O) groups excluding carboxylic acids is 1. The first kappa shape index (κ1) is 32.6. The van der Waals surface area contributed by atoms with Crippen molar-refractivity contribution >= 4 is 24.7 Å². The number of benzene rings is 3. The zero-order chi connectivity index (χ0) is 32.9. The number of rotatable bonds is 12. The van der Waals surface area contributed by atoms with Crippen LogP contribution in [0.4, 0.5) is 8.78 Å². The van der Waals surface area contributed by atoms with Gasteiger partial charge in [-0.25, -0.2) is 28.2 Å². The van der Waals surface area contributed by atoms with Crippen LogP contribution in [-0.2, 0) is 26.2 Å². The molecular formula is C32H28F2N5O5PS. The van der Waals surface area contributed by atoms with Crippen LogP contribution in [0.25, 0.3) is 11.3 Å². The molecule has 10 nitrogen and oxygen atoms in total. The van der Waals surface area contributed by atoms with Crippen LogP contribution in [0, 0.1) is 23.0 Å². The fourth-order valence-electron chi connectivity index (χ4n) is 4.83. The zero-order valence-corrected chi connectivity index (χ0v) is 26.7. The summed E-state index contributed by atoms with van der Waals surface area (Å²) in [6.45, 7) is 3.94. The fourth-order valence-corrected chi connectivity index (χ4v) is 6.42. The smallest absolute Gasteiger partial charge is 0.340 e. The number of nitriles is 1. The van der Waals surface area contributed by atoms with Crippen molar-refractivity contribution in [2.75, 3.05) is 20.1 Å². The lowest BCUT2D eigenvalue weighted by Crippen LogP contribution is -2.42. The Labute approximate surface area is 267 Å². The van der Waals surface area contributed by atoms with Gasteiger partial charge in [0.1, 0.15) is 35.6 Å². The highest BCUT2D eigenvalue weighted by Gasteiger charge is 2.45. The molecule has 46 heavy (non-hydrogen) atoms. The van der Waals surface area contributed by atoms with Crippen molar-refractivity contribution < 1.29 is 32.1 Å². The molecule has 0 radical (unpaired) electrons. The molecule has 0 amide bonds. The van der Waals surface area contributed by atoms with E-state index in [-0.39, 0.29) is 23.4 Å². The molecule has 14 heteroatoms. The van der Waals surface area contributed by atoms with Gasteiger partial charge in [-0.2, -0.15) is 10.4 Å².